The molecule has 1 N–H and O–H groups in total. The van der Waals surface area contributed by atoms with E-state index in [-0.39, 0.29) is 41.6 Å². The molecule has 0 spiro atoms. The van der Waals surface area contributed by atoms with Crippen LogP contribution in [0.1, 0.15) is 22.6 Å². The molecule has 6 nitrogen and oxygen atoms in total. The van der Waals surface area contributed by atoms with E-state index in [0.29, 0.717) is 10.6 Å². The van der Waals surface area contributed by atoms with Gasteiger partial charge in [-0.1, -0.05) is 47.5 Å². The highest BCUT2D eigenvalue weighted by atomic mass is 35.5. The zero-order valence-electron chi connectivity index (χ0n) is 17.9. The molecule has 1 aromatic heterocycles. The summed E-state index contributed by atoms with van der Waals surface area (Å²) in [5.74, 6) is -0.291. The van der Waals surface area contributed by atoms with Crippen LogP contribution in [0.25, 0.3) is 0 Å². The Morgan fingerprint density at radius 1 is 1.12 bits per heavy atom. The topological polar surface area (TPSA) is 67.2 Å². The summed E-state index contributed by atoms with van der Waals surface area (Å²) in [6.07, 6.45) is -1.64. The Labute approximate surface area is 205 Å². The first-order chi connectivity index (χ1) is 16.0. The number of hydrogen-bond donors (Lipinski definition) is 1. The van der Waals surface area contributed by atoms with Crippen LogP contribution in [0.4, 0.5) is 13.2 Å². The standard InChI is InChI=1S/C22H21Cl2F3N4O2S/c1-30-12-21(29-13-30)34(32,33)31-10-17(16-4-2-3-5-18(16)23)20(11-31)28-9-14-6-7-15(8-19(14)24)22(25,26)27/h2-8,12-13,17,20,28H,9-11H2,1H3/t17-,20+/m1/s1. The van der Waals surface area contributed by atoms with Crippen molar-refractivity contribution in [3.63, 3.8) is 0 Å². The number of imidazole rings is 1. The van der Waals surface area contributed by atoms with Crippen LogP contribution in [-0.4, -0.2) is 41.4 Å². The van der Waals surface area contributed by atoms with E-state index < -0.39 is 21.8 Å². The zero-order chi connectivity index (χ0) is 24.7. The fourth-order valence-electron chi connectivity index (χ4n) is 4.02. The fraction of sp³-hybridized carbons (Fsp3) is 0.318. The fourth-order valence-corrected chi connectivity index (χ4v) is 6.01. The van der Waals surface area contributed by atoms with Gasteiger partial charge in [0.25, 0.3) is 10.0 Å². The first kappa shape index (κ1) is 25.0. The second kappa shape index (κ2) is 9.50. The lowest BCUT2D eigenvalue weighted by molar-refractivity contribution is -0.137. The van der Waals surface area contributed by atoms with Gasteiger partial charge in [0, 0.05) is 54.9 Å². The summed E-state index contributed by atoms with van der Waals surface area (Å²) in [5.41, 5.74) is 0.418. The minimum atomic E-state index is -4.49. The van der Waals surface area contributed by atoms with E-state index in [9.17, 15) is 21.6 Å². The third-order valence-corrected chi connectivity index (χ3v) is 8.22. The van der Waals surface area contributed by atoms with Gasteiger partial charge in [0.05, 0.1) is 11.9 Å². The number of benzene rings is 2. The third kappa shape index (κ3) is 5.11. The highest BCUT2D eigenvalue weighted by Gasteiger charge is 2.41. The van der Waals surface area contributed by atoms with Crippen molar-refractivity contribution in [1.82, 2.24) is 19.2 Å². The van der Waals surface area contributed by atoms with E-state index in [1.165, 1.54) is 22.9 Å². The van der Waals surface area contributed by atoms with Crippen molar-refractivity contribution in [1.29, 1.82) is 0 Å². The average molecular weight is 533 g/mol. The summed E-state index contributed by atoms with van der Waals surface area (Å²) >= 11 is 12.5. The number of halogens is 5. The van der Waals surface area contributed by atoms with Gasteiger partial charge in [0.2, 0.25) is 0 Å². The van der Waals surface area contributed by atoms with E-state index >= 15 is 0 Å². The number of alkyl halides is 3. The molecular formula is C22H21Cl2F3N4O2S. The Hall–Kier alpha value is -2.11. The van der Waals surface area contributed by atoms with Gasteiger partial charge in [-0.2, -0.15) is 17.5 Å². The quantitative estimate of drug-likeness (QED) is 0.500. The van der Waals surface area contributed by atoms with Crippen LogP contribution in [0.5, 0.6) is 0 Å². The summed E-state index contributed by atoms with van der Waals surface area (Å²) < 4.78 is 68.1. The van der Waals surface area contributed by atoms with Gasteiger partial charge in [-0.05, 0) is 29.3 Å². The van der Waals surface area contributed by atoms with Crippen LogP contribution in [0.3, 0.4) is 0 Å². The van der Waals surface area contributed by atoms with Gasteiger partial charge in [-0.3, -0.25) is 0 Å². The van der Waals surface area contributed by atoms with Crippen molar-refractivity contribution in [2.45, 2.75) is 29.7 Å². The smallest absolute Gasteiger partial charge is 0.339 e. The third-order valence-electron chi connectivity index (χ3n) is 5.81. The molecule has 2 aromatic carbocycles. The number of aromatic nitrogens is 2. The second-order valence-corrected chi connectivity index (χ2v) is 10.8. The highest BCUT2D eigenvalue weighted by molar-refractivity contribution is 7.89. The molecule has 0 amide bonds. The molecular weight excluding hydrogens is 512 g/mol. The molecule has 0 bridgehead atoms. The molecule has 2 heterocycles. The molecule has 1 aliphatic rings. The number of nitrogens with zero attached hydrogens (tertiary/aromatic N) is 3. The van der Waals surface area contributed by atoms with Gasteiger partial charge in [-0.25, -0.2) is 13.4 Å². The largest absolute Gasteiger partial charge is 0.416 e. The zero-order valence-corrected chi connectivity index (χ0v) is 20.3. The summed E-state index contributed by atoms with van der Waals surface area (Å²) in [6, 6.07) is 9.99. The van der Waals surface area contributed by atoms with Crippen molar-refractivity contribution < 1.29 is 21.6 Å². The molecule has 0 radical (unpaired) electrons. The first-order valence-corrected chi connectivity index (χ1v) is 12.5. The molecule has 0 aliphatic carbocycles. The van der Waals surface area contributed by atoms with Crippen molar-refractivity contribution in [3.05, 3.63) is 81.7 Å². The maximum absolute atomic E-state index is 13.2. The number of aryl methyl sites for hydroxylation is 1. The van der Waals surface area contributed by atoms with E-state index in [2.05, 4.69) is 10.3 Å². The molecule has 0 unspecified atom stereocenters. The molecule has 1 fully saturated rings. The van der Waals surface area contributed by atoms with Crippen LogP contribution in [0, 0.1) is 0 Å². The van der Waals surface area contributed by atoms with Crippen LogP contribution < -0.4 is 5.32 Å². The van der Waals surface area contributed by atoms with Gasteiger partial charge in [0.15, 0.2) is 5.03 Å². The lowest BCUT2D eigenvalue weighted by Gasteiger charge is -2.21. The van der Waals surface area contributed by atoms with E-state index in [4.69, 9.17) is 23.2 Å². The Morgan fingerprint density at radius 3 is 2.47 bits per heavy atom. The van der Waals surface area contributed by atoms with E-state index in [0.717, 1.165) is 17.7 Å². The number of sulfonamides is 1. The van der Waals surface area contributed by atoms with Crippen LogP contribution in [-0.2, 0) is 29.8 Å². The molecule has 0 saturated carbocycles. The summed E-state index contributed by atoms with van der Waals surface area (Å²) in [4.78, 5) is 3.98. The summed E-state index contributed by atoms with van der Waals surface area (Å²) in [5, 5.41) is 3.70. The molecule has 182 valence electrons. The van der Waals surface area contributed by atoms with E-state index in [1.54, 1.807) is 23.7 Å². The molecule has 12 heteroatoms. The van der Waals surface area contributed by atoms with Crippen LogP contribution in [0.15, 0.2) is 60.0 Å². The first-order valence-electron chi connectivity index (χ1n) is 10.3. The number of rotatable bonds is 6. The SMILES string of the molecule is Cn1cnc(S(=O)(=O)N2C[C@H](NCc3ccc(C(F)(F)F)cc3Cl)[C@@H](c3ccccc3Cl)C2)c1. The lowest BCUT2D eigenvalue weighted by Crippen LogP contribution is -2.36. The average Bonchev–Trinajstić information content (AvgIpc) is 3.40. The molecule has 1 saturated heterocycles. The summed E-state index contributed by atoms with van der Waals surface area (Å²) in [7, 11) is -2.17. The molecule has 34 heavy (non-hydrogen) atoms. The van der Waals surface area contributed by atoms with E-state index in [1.807, 2.05) is 12.1 Å². The highest BCUT2D eigenvalue weighted by Crippen LogP contribution is 2.36. The Kier molecular flexibility index (Phi) is 6.99. The van der Waals surface area contributed by atoms with Crippen molar-refractivity contribution in [2.24, 2.45) is 7.05 Å². The van der Waals surface area contributed by atoms with Crippen molar-refractivity contribution >= 4 is 33.2 Å². The van der Waals surface area contributed by atoms with Crippen LogP contribution in [0.2, 0.25) is 10.0 Å². The lowest BCUT2D eigenvalue weighted by atomic mass is 9.94. The minimum absolute atomic E-state index is 0.0208. The monoisotopic (exact) mass is 532 g/mol. The summed E-state index contributed by atoms with van der Waals surface area (Å²) in [6.45, 7) is 0.453. The predicted molar refractivity (Wildman–Crippen MR) is 123 cm³/mol. The Bertz CT molecular complexity index is 1300. The van der Waals surface area contributed by atoms with Crippen molar-refractivity contribution in [2.75, 3.05) is 13.1 Å². The maximum Gasteiger partial charge on any atom is 0.416 e. The molecule has 2 atom stereocenters. The Balaban J connectivity index is 1.59. The Morgan fingerprint density at radius 2 is 1.85 bits per heavy atom. The predicted octanol–water partition coefficient (Wildman–Crippen LogP) is 4.69. The van der Waals surface area contributed by atoms with Crippen LogP contribution >= 0.6 is 23.2 Å². The number of nitrogens with one attached hydrogen (secondary N) is 1. The maximum atomic E-state index is 13.2. The molecule has 1 aliphatic heterocycles. The minimum Gasteiger partial charge on any atom is -0.339 e. The number of hydrogen-bond acceptors (Lipinski definition) is 4. The normalized spacial score (nSPS) is 19.6. The van der Waals surface area contributed by atoms with Gasteiger partial charge in [-0.15, -0.1) is 0 Å². The second-order valence-electron chi connectivity index (χ2n) is 8.12. The molecule has 3 aromatic rings. The van der Waals surface area contributed by atoms with Gasteiger partial charge < -0.3 is 9.88 Å². The van der Waals surface area contributed by atoms with Gasteiger partial charge >= 0.3 is 6.18 Å². The molecule has 4 rings (SSSR count). The van der Waals surface area contributed by atoms with Gasteiger partial charge in [0.1, 0.15) is 0 Å². The van der Waals surface area contributed by atoms with Crippen molar-refractivity contribution in [3.8, 4) is 0 Å².